The summed E-state index contributed by atoms with van der Waals surface area (Å²) in [5.41, 5.74) is 0. The molecule has 7 nitrogen and oxygen atoms in total. The Labute approximate surface area is 119 Å². The quantitative estimate of drug-likeness (QED) is 0.622. The summed E-state index contributed by atoms with van der Waals surface area (Å²) in [6, 6.07) is 3.91. The highest BCUT2D eigenvalue weighted by Crippen LogP contribution is 1.99. The zero-order valence-electron chi connectivity index (χ0n) is 11.7. The van der Waals surface area contributed by atoms with Crippen LogP contribution in [0.5, 0.6) is 0 Å². The van der Waals surface area contributed by atoms with Crippen LogP contribution in [0.25, 0.3) is 0 Å². The highest BCUT2D eigenvalue weighted by Gasteiger charge is 2.18. The predicted molar refractivity (Wildman–Crippen MR) is 71.4 cm³/mol. The monoisotopic (exact) mass is 280 g/mol. The number of nitrogens with zero attached hydrogens (tertiary/aromatic N) is 4. The van der Waals surface area contributed by atoms with Gasteiger partial charge in [-0.05, 0) is 13.0 Å². The molecule has 0 aliphatic heterocycles. The molecular formula is C13H20N4O3. The molecule has 0 spiro atoms. The maximum atomic E-state index is 12.1. The van der Waals surface area contributed by atoms with Crippen LogP contribution in [-0.4, -0.2) is 59.5 Å². The third-order valence-corrected chi connectivity index (χ3v) is 2.60. The minimum atomic E-state index is -0.980. The lowest BCUT2D eigenvalue weighted by molar-refractivity contribution is -0.139. The van der Waals surface area contributed by atoms with E-state index in [4.69, 9.17) is 15.6 Å². The summed E-state index contributed by atoms with van der Waals surface area (Å²) in [6.07, 6.45) is 1.14. The zero-order valence-corrected chi connectivity index (χ0v) is 11.7. The Balaban J connectivity index is 4.55. The van der Waals surface area contributed by atoms with Crippen molar-refractivity contribution >= 4 is 11.9 Å². The number of amides is 1. The SMILES string of the molecule is CCCN(CC(=O)O)CC(=O)N(CCC#N)CCC#N. The number of carbonyl (C=O) groups excluding carboxylic acids is 1. The molecule has 0 aromatic heterocycles. The van der Waals surface area contributed by atoms with Gasteiger partial charge in [0, 0.05) is 13.1 Å². The lowest BCUT2D eigenvalue weighted by Gasteiger charge is -2.25. The molecule has 0 saturated heterocycles. The molecule has 0 radical (unpaired) electrons. The number of rotatable bonds is 10. The second kappa shape index (κ2) is 10.8. The number of hydrogen-bond acceptors (Lipinski definition) is 5. The lowest BCUT2D eigenvalue weighted by Crippen LogP contribution is -2.43. The molecule has 0 rings (SSSR count). The molecule has 7 heteroatoms. The highest BCUT2D eigenvalue weighted by molar-refractivity contribution is 5.79. The number of nitriles is 2. The Bertz CT molecular complexity index is 379. The van der Waals surface area contributed by atoms with E-state index in [0.717, 1.165) is 6.42 Å². The summed E-state index contributed by atoms with van der Waals surface area (Å²) in [7, 11) is 0. The molecule has 20 heavy (non-hydrogen) atoms. The van der Waals surface area contributed by atoms with E-state index in [0.29, 0.717) is 6.54 Å². The van der Waals surface area contributed by atoms with E-state index < -0.39 is 5.97 Å². The van der Waals surface area contributed by atoms with Crippen LogP contribution in [0.2, 0.25) is 0 Å². The average molecular weight is 280 g/mol. The third-order valence-electron chi connectivity index (χ3n) is 2.60. The molecule has 1 N–H and O–H groups in total. The van der Waals surface area contributed by atoms with Gasteiger partial charge in [0.25, 0.3) is 0 Å². The van der Waals surface area contributed by atoms with Gasteiger partial charge in [0.1, 0.15) is 0 Å². The molecule has 0 fully saturated rings. The van der Waals surface area contributed by atoms with Crippen molar-refractivity contribution in [3.63, 3.8) is 0 Å². The third kappa shape index (κ3) is 8.06. The van der Waals surface area contributed by atoms with Crippen molar-refractivity contribution in [3.8, 4) is 12.1 Å². The minimum absolute atomic E-state index is 0.00298. The van der Waals surface area contributed by atoms with Gasteiger partial charge in [0.05, 0.1) is 38.1 Å². The van der Waals surface area contributed by atoms with Crippen LogP contribution >= 0.6 is 0 Å². The number of carboxylic acid groups (broad SMARTS) is 1. The van der Waals surface area contributed by atoms with E-state index in [-0.39, 0.29) is 44.9 Å². The fourth-order valence-electron chi connectivity index (χ4n) is 1.74. The maximum absolute atomic E-state index is 12.1. The van der Waals surface area contributed by atoms with Gasteiger partial charge in [-0.3, -0.25) is 14.5 Å². The van der Waals surface area contributed by atoms with Crippen molar-refractivity contribution in [1.82, 2.24) is 9.80 Å². The van der Waals surface area contributed by atoms with Crippen molar-refractivity contribution in [1.29, 1.82) is 10.5 Å². The van der Waals surface area contributed by atoms with Crippen LogP contribution in [0.3, 0.4) is 0 Å². The van der Waals surface area contributed by atoms with E-state index in [9.17, 15) is 9.59 Å². The molecule has 0 saturated carbocycles. The zero-order chi connectivity index (χ0) is 15.4. The number of hydrogen-bond donors (Lipinski definition) is 1. The summed E-state index contributed by atoms with van der Waals surface area (Å²) in [6.45, 7) is 2.76. The fraction of sp³-hybridized carbons (Fsp3) is 0.692. The number of carboxylic acids is 1. The van der Waals surface area contributed by atoms with Crippen molar-refractivity contribution < 1.29 is 14.7 Å². The van der Waals surface area contributed by atoms with Crippen LogP contribution in [0.1, 0.15) is 26.2 Å². The molecule has 0 aliphatic carbocycles. The molecule has 0 bridgehead atoms. The largest absolute Gasteiger partial charge is 0.480 e. The smallest absolute Gasteiger partial charge is 0.317 e. The molecule has 0 heterocycles. The average Bonchev–Trinajstić information content (AvgIpc) is 2.38. The first-order valence-corrected chi connectivity index (χ1v) is 6.51. The molecular weight excluding hydrogens is 260 g/mol. The van der Waals surface area contributed by atoms with Crippen LogP contribution in [-0.2, 0) is 9.59 Å². The van der Waals surface area contributed by atoms with Gasteiger partial charge in [0.15, 0.2) is 0 Å². The van der Waals surface area contributed by atoms with Gasteiger partial charge in [-0.2, -0.15) is 10.5 Å². The highest BCUT2D eigenvalue weighted by atomic mass is 16.4. The van der Waals surface area contributed by atoms with Gasteiger partial charge in [-0.25, -0.2) is 0 Å². The first-order chi connectivity index (χ1) is 9.54. The molecule has 110 valence electrons. The Morgan fingerprint density at radius 1 is 1.05 bits per heavy atom. The first-order valence-electron chi connectivity index (χ1n) is 6.51. The molecule has 0 aliphatic rings. The maximum Gasteiger partial charge on any atom is 0.317 e. The van der Waals surface area contributed by atoms with Crippen molar-refractivity contribution in [2.75, 3.05) is 32.7 Å². The second-order valence-electron chi connectivity index (χ2n) is 4.30. The molecule has 0 unspecified atom stereocenters. The standard InChI is InChI=1S/C13H20N4O3/c1-2-7-16(11-13(19)20)10-12(18)17(8-3-5-14)9-4-6-15/h2-4,7-11H2,1H3,(H,19,20). The Morgan fingerprint density at radius 2 is 1.60 bits per heavy atom. The summed E-state index contributed by atoms with van der Waals surface area (Å²) in [5, 5.41) is 25.9. The number of aliphatic carboxylic acids is 1. The predicted octanol–water partition coefficient (Wildman–Crippen LogP) is 0.439. The summed E-state index contributed by atoms with van der Waals surface area (Å²) < 4.78 is 0. The molecule has 0 atom stereocenters. The summed E-state index contributed by atoms with van der Waals surface area (Å²) >= 11 is 0. The van der Waals surface area contributed by atoms with Crippen molar-refractivity contribution in [2.45, 2.75) is 26.2 Å². The Hall–Kier alpha value is -2.12. The van der Waals surface area contributed by atoms with E-state index in [1.165, 1.54) is 4.90 Å². The van der Waals surface area contributed by atoms with E-state index in [2.05, 4.69) is 0 Å². The Morgan fingerprint density at radius 3 is 2.00 bits per heavy atom. The molecule has 0 aromatic carbocycles. The summed E-state index contributed by atoms with van der Waals surface area (Å²) in [4.78, 5) is 25.8. The minimum Gasteiger partial charge on any atom is -0.480 e. The van der Waals surface area contributed by atoms with Crippen LogP contribution in [0, 0.1) is 22.7 Å². The van der Waals surface area contributed by atoms with E-state index in [1.807, 2.05) is 19.1 Å². The van der Waals surface area contributed by atoms with Crippen LogP contribution < -0.4 is 0 Å². The van der Waals surface area contributed by atoms with Crippen molar-refractivity contribution in [3.05, 3.63) is 0 Å². The topological polar surface area (TPSA) is 108 Å². The first kappa shape index (κ1) is 17.9. The second-order valence-corrected chi connectivity index (χ2v) is 4.30. The van der Waals surface area contributed by atoms with Crippen LogP contribution in [0.15, 0.2) is 0 Å². The number of carbonyl (C=O) groups is 2. The van der Waals surface area contributed by atoms with Gasteiger partial charge in [0.2, 0.25) is 5.91 Å². The molecule has 0 aromatic rings. The van der Waals surface area contributed by atoms with E-state index >= 15 is 0 Å². The van der Waals surface area contributed by atoms with Gasteiger partial charge < -0.3 is 10.0 Å². The lowest BCUT2D eigenvalue weighted by atomic mass is 10.3. The van der Waals surface area contributed by atoms with E-state index in [1.54, 1.807) is 4.90 Å². The van der Waals surface area contributed by atoms with Gasteiger partial charge >= 0.3 is 5.97 Å². The van der Waals surface area contributed by atoms with Crippen LogP contribution in [0.4, 0.5) is 0 Å². The van der Waals surface area contributed by atoms with Gasteiger partial charge in [-0.1, -0.05) is 6.92 Å². The fourth-order valence-corrected chi connectivity index (χ4v) is 1.74. The summed E-state index contributed by atoms with van der Waals surface area (Å²) in [5.74, 6) is -1.22. The van der Waals surface area contributed by atoms with Gasteiger partial charge in [-0.15, -0.1) is 0 Å². The molecule has 1 amide bonds. The normalized spacial score (nSPS) is 9.80. The Kier molecular flexibility index (Phi) is 9.63. The van der Waals surface area contributed by atoms with Crippen molar-refractivity contribution in [2.24, 2.45) is 0 Å².